The van der Waals surface area contributed by atoms with Gasteiger partial charge in [-0.25, -0.2) is 9.97 Å². The first-order valence-corrected chi connectivity index (χ1v) is 9.05. The normalized spacial score (nSPS) is 16.7. The standard InChI is InChI=1S/C19H22N6O2/c1-3-25-17(10-14(2)22-25)18(26)24-11-15-6-4-9-23(15)12-16(13-24)27-19-20-7-5-8-21-19/h4-10,16H,3,11-13H2,1-2H3/t16-/m0/s1. The first-order chi connectivity index (χ1) is 13.1. The maximum Gasteiger partial charge on any atom is 0.316 e. The summed E-state index contributed by atoms with van der Waals surface area (Å²) in [4.78, 5) is 23.4. The van der Waals surface area contributed by atoms with E-state index >= 15 is 0 Å². The maximum atomic E-state index is 13.2. The molecule has 0 spiro atoms. The maximum absolute atomic E-state index is 13.2. The molecule has 0 N–H and O–H groups in total. The first-order valence-electron chi connectivity index (χ1n) is 9.05. The first kappa shape index (κ1) is 17.3. The van der Waals surface area contributed by atoms with Crippen LogP contribution in [-0.2, 0) is 19.6 Å². The van der Waals surface area contributed by atoms with Gasteiger partial charge in [-0.1, -0.05) is 0 Å². The van der Waals surface area contributed by atoms with Crippen molar-refractivity contribution in [2.75, 3.05) is 6.54 Å². The fraction of sp³-hybridized carbons (Fsp3) is 0.368. The lowest BCUT2D eigenvalue weighted by molar-refractivity contribution is 0.0627. The number of rotatable bonds is 4. The minimum absolute atomic E-state index is 0.0466. The predicted octanol–water partition coefficient (Wildman–Crippen LogP) is 1.91. The van der Waals surface area contributed by atoms with Gasteiger partial charge in [0.25, 0.3) is 5.91 Å². The summed E-state index contributed by atoms with van der Waals surface area (Å²) in [5.74, 6) is -0.0466. The SMILES string of the molecule is CCn1nc(C)cc1C(=O)N1Cc2cccn2C[C@H](Oc2ncccn2)C1. The third-order valence-electron chi connectivity index (χ3n) is 4.62. The molecule has 8 nitrogen and oxygen atoms in total. The van der Waals surface area contributed by atoms with Crippen LogP contribution in [-0.4, -0.2) is 47.8 Å². The molecule has 0 fully saturated rings. The number of ether oxygens (including phenoxy) is 1. The lowest BCUT2D eigenvalue weighted by Crippen LogP contribution is -2.39. The molecule has 0 aliphatic carbocycles. The van der Waals surface area contributed by atoms with Crippen molar-refractivity contribution in [3.63, 3.8) is 0 Å². The van der Waals surface area contributed by atoms with Crippen LogP contribution < -0.4 is 4.74 Å². The van der Waals surface area contributed by atoms with Crippen LogP contribution in [0.15, 0.2) is 42.9 Å². The van der Waals surface area contributed by atoms with E-state index < -0.39 is 0 Å². The van der Waals surface area contributed by atoms with Crippen molar-refractivity contribution in [1.82, 2.24) is 29.2 Å². The van der Waals surface area contributed by atoms with Crippen molar-refractivity contribution in [2.24, 2.45) is 0 Å². The van der Waals surface area contributed by atoms with Gasteiger partial charge in [-0.2, -0.15) is 5.10 Å². The molecule has 140 valence electrons. The summed E-state index contributed by atoms with van der Waals surface area (Å²) in [6.45, 7) is 6.14. The summed E-state index contributed by atoms with van der Waals surface area (Å²) in [5.41, 5.74) is 2.51. The molecule has 0 saturated heterocycles. The lowest BCUT2D eigenvalue weighted by Gasteiger charge is -2.24. The molecule has 3 aromatic heterocycles. The minimum Gasteiger partial charge on any atom is -0.456 e. The predicted molar refractivity (Wildman–Crippen MR) is 98.3 cm³/mol. The van der Waals surface area contributed by atoms with Crippen LogP contribution >= 0.6 is 0 Å². The zero-order valence-corrected chi connectivity index (χ0v) is 15.4. The molecule has 27 heavy (non-hydrogen) atoms. The molecular weight excluding hydrogens is 344 g/mol. The Kier molecular flexibility index (Phi) is 4.62. The number of hydrogen-bond acceptors (Lipinski definition) is 5. The number of carbonyl (C=O) groups is 1. The van der Waals surface area contributed by atoms with Gasteiger partial charge >= 0.3 is 6.01 Å². The second kappa shape index (κ2) is 7.22. The van der Waals surface area contributed by atoms with Gasteiger partial charge in [0, 0.05) is 30.8 Å². The Morgan fingerprint density at radius 2 is 2.07 bits per heavy atom. The Bertz CT molecular complexity index is 933. The van der Waals surface area contributed by atoms with Crippen molar-refractivity contribution in [1.29, 1.82) is 0 Å². The van der Waals surface area contributed by atoms with Crippen LogP contribution in [0, 0.1) is 6.92 Å². The van der Waals surface area contributed by atoms with Gasteiger partial charge in [0.1, 0.15) is 11.8 Å². The summed E-state index contributed by atoms with van der Waals surface area (Å²) >= 11 is 0. The molecule has 0 unspecified atom stereocenters. The highest BCUT2D eigenvalue weighted by atomic mass is 16.5. The van der Waals surface area contributed by atoms with Gasteiger partial charge < -0.3 is 14.2 Å². The van der Waals surface area contributed by atoms with Crippen LogP contribution in [0.3, 0.4) is 0 Å². The lowest BCUT2D eigenvalue weighted by atomic mass is 10.2. The van der Waals surface area contributed by atoms with Crippen molar-refractivity contribution in [3.05, 3.63) is 59.9 Å². The smallest absolute Gasteiger partial charge is 0.316 e. The average Bonchev–Trinajstić information content (AvgIpc) is 3.23. The zero-order chi connectivity index (χ0) is 18.8. The van der Waals surface area contributed by atoms with Crippen LogP contribution in [0.25, 0.3) is 0 Å². The Balaban J connectivity index is 1.62. The van der Waals surface area contributed by atoms with E-state index in [2.05, 4.69) is 19.6 Å². The fourth-order valence-corrected chi connectivity index (χ4v) is 3.40. The van der Waals surface area contributed by atoms with Crippen LogP contribution in [0.5, 0.6) is 6.01 Å². The van der Waals surface area contributed by atoms with Gasteiger partial charge in [0.2, 0.25) is 0 Å². The van der Waals surface area contributed by atoms with Gasteiger partial charge in [-0.05, 0) is 38.1 Å². The molecule has 8 heteroatoms. The summed E-state index contributed by atoms with van der Waals surface area (Å²) in [5, 5.41) is 4.40. The summed E-state index contributed by atoms with van der Waals surface area (Å²) < 4.78 is 9.84. The molecule has 4 rings (SSSR count). The third kappa shape index (κ3) is 3.55. The zero-order valence-electron chi connectivity index (χ0n) is 15.4. The Morgan fingerprint density at radius 3 is 2.85 bits per heavy atom. The average molecular weight is 366 g/mol. The van der Waals surface area contributed by atoms with E-state index in [0.29, 0.717) is 37.9 Å². The van der Waals surface area contributed by atoms with Gasteiger partial charge in [-0.3, -0.25) is 9.48 Å². The van der Waals surface area contributed by atoms with E-state index in [1.54, 1.807) is 23.1 Å². The van der Waals surface area contributed by atoms with Crippen molar-refractivity contribution in [2.45, 2.75) is 39.6 Å². The summed E-state index contributed by atoms with van der Waals surface area (Å²) in [7, 11) is 0. The van der Waals surface area contributed by atoms with Gasteiger partial charge in [0.15, 0.2) is 0 Å². The topological polar surface area (TPSA) is 78.1 Å². The van der Waals surface area contributed by atoms with Crippen molar-refractivity contribution >= 4 is 5.91 Å². The molecule has 0 saturated carbocycles. The highest BCUT2D eigenvalue weighted by Gasteiger charge is 2.29. The van der Waals surface area contributed by atoms with Crippen LogP contribution in [0.4, 0.5) is 0 Å². The van der Waals surface area contributed by atoms with E-state index in [0.717, 1.165) is 11.4 Å². The molecule has 3 aromatic rings. The number of aromatic nitrogens is 5. The Hall–Kier alpha value is -3.16. The second-order valence-electron chi connectivity index (χ2n) is 6.60. The fourth-order valence-electron chi connectivity index (χ4n) is 3.40. The second-order valence-corrected chi connectivity index (χ2v) is 6.60. The molecule has 0 radical (unpaired) electrons. The minimum atomic E-state index is -0.246. The van der Waals surface area contributed by atoms with Gasteiger partial charge in [0.05, 0.1) is 25.3 Å². The molecule has 0 bridgehead atoms. The number of carbonyl (C=O) groups excluding carboxylic acids is 1. The molecule has 1 atom stereocenters. The monoisotopic (exact) mass is 366 g/mol. The van der Waals surface area contributed by atoms with Gasteiger partial charge in [-0.15, -0.1) is 0 Å². The Labute approximate surface area is 157 Å². The molecule has 1 amide bonds. The molecule has 1 aliphatic heterocycles. The summed E-state index contributed by atoms with van der Waals surface area (Å²) in [6.07, 6.45) is 5.05. The van der Waals surface area contributed by atoms with E-state index in [4.69, 9.17) is 4.74 Å². The summed E-state index contributed by atoms with van der Waals surface area (Å²) in [6, 6.07) is 7.92. The number of aryl methyl sites for hydroxylation is 2. The Morgan fingerprint density at radius 1 is 1.26 bits per heavy atom. The van der Waals surface area contributed by atoms with Crippen LogP contribution in [0.2, 0.25) is 0 Å². The highest BCUT2D eigenvalue weighted by molar-refractivity contribution is 5.92. The molecule has 1 aliphatic rings. The van der Waals surface area contributed by atoms with E-state index in [9.17, 15) is 4.79 Å². The number of hydrogen-bond donors (Lipinski definition) is 0. The van der Waals surface area contributed by atoms with E-state index in [1.807, 2.05) is 43.1 Å². The number of amides is 1. The third-order valence-corrected chi connectivity index (χ3v) is 4.62. The number of fused-ring (bicyclic) bond motifs is 1. The highest BCUT2D eigenvalue weighted by Crippen LogP contribution is 2.19. The van der Waals surface area contributed by atoms with E-state index in [1.165, 1.54) is 0 Å². The molecular formula is C19H22N6O2. The molecule has 0 aromatic carbocycles. The van der Waals surface area contributed by atoms with Crippen LogP contribution in [0.1, 0.15) is 28.8 Å². The number of nitrogens with zero attached hydrogens (tertiary/aromatic N) is 6. The largest absolute Gasteiger partial charge is 0.456 e. The molecule has 4 heterocycles. The van der Waals surface area contributed by atoms with Crippen molar-refractivity contribution in [3.8, 4) is 6.01 Å². The quantitative estimate of drug-likeness (QED) is 0.705. The van der Waals surface area contributed by atoms with Crippen molar-refractivity contribution < 1.29 is 9.53 Å². The van der Waals surface area contributed by atoms with E-state index in [-0.39, 0.29) is 12.0 Å².